The molecule has 0 fully saturated rings. The van der Waals surface area contributed by atoms with E-state index in [4.69, 9.17) is 4.74 Å². The van der Waals surface area contributed by atoms with E-state index in [1.165, 1.54) is 0 Å². The Kier molecular flexibility index (Phi) is 2.18. The molecule has 3 aromatic rings. The lowest BCUT2D eigenvalue weighted by Gasteiger charge is -2.01. The maximum atomic E-state index is 5.09. The molecule has 6 nitrogen and oxygen atoms in total. The number of ether oxygens (including phenoxy) is 1. The van der Waals surface area contributed by atoms with E-state index in [-0.39, 0.29) is 0 Å². The number of methoxy groups -OCH3 is 1. The van der Waals surface area contributed by atoms with Gasteiger partial charge in [-0.1, -0.05) is 0 Å². The Bertz CT molecular complexity index is 646. The SMILES string of the molecule is COc1ccc(-c2ncc3n[nH]nc3n2)cc1. The minimum absolute atomic E-state index is 0.561. The first-order valence-electron chi connectivity index (χ1n) is 5.05. The Morgan fingerprint density at radius 3 is 2.71 bits per heavy atom. The average Bonchev–Trinajstić information content (AvgIpc) is 2.86. The molecule has 84 valence electrons. The molecule has 6 heteroatoms. The van der Waals surface area contributed by atoms with Crippen LogP contribution in [-0.4, -0.2) is 32.5 Å². The number of aromatic nitrogens is 5. The molecule has 2 aromatic heterocycles. The number of benzene rings is 1. The molecule has 0 aliphatic heterocycles. The predicted molar refractivity (Wildman–Crippen MR) is 61.5 cm³/mol. The summed E-state index contributed by atoms with van der Waals surface area (Å²) >= 11 is 0. The van der Waals surface area contributed by atoms with Crippen molar-refractivity contribution < 1.29 is 4.74 Å². The summed E-state index contributed by atoms with van der Waals surface area (Å²) in [4.78, 5) is 8.53. The molecule has 0 saturated carbocycles. The van der Waals surface area contributed by atoms with Crippen molar-refractivity contribution in [1.29, 1.82) is 0 Å². The summed E-state index contributed by atoms with van der Waals surface area (Å²) in [6.45, 7) is 0. The molecular weight excluding hydrogens is 218 g/mol. The maximum Gasteiger partial charge on any atom is 0.205 e. The zero-order valence-electron chi connectivity index (χ0n) is 9.08. The van der Waals surface area contributed by atoms with Gasteiger partial charge in [-0.05, 0) is 24.3 Å². The fourth-order valence-corrected chi connectivity index (χ4v) is 1.53. The summed E-state index contributed by atoms with van der Waals surface area (Å²) in [6, 6.07) is 7.54. The Morgan fingerprint density at radius 1 is 1.12 bits per heavy atom. The van der Waals surface area contributed by atoms with Gasteiger partial charge in [-0.3, -0.25) is 0 Å². The largest absolute Gasteiger partial charge is 0.497 e. The van der Waals surface area contributed by atoms with Gasteiger partial charge in [-0.15, -0.1) is 5.10 Å². The normalized spacial score (nSPS) is 10.6. The Labute approximate surface area is 96.7 Å². The van der Waals surface area contributed by atoms with Crippen molar-refractivity contribution in [1.82, 2.24) is 25.4 Å². The number of fused-ring (bicyclic) bond motifs is 1. The van der Waals surface area contributed by atoms with Crippen LogP contribution in [0.15, 0.2) is 30.5 Å². The van der Waals surface area contributed by atoms with E-state index in [2.05, 4.69) is 25.4 Å². The summed E-state index contributed by atoms with van der Waals surface area (Å²) in [5.41, 5.74) is 2.13. The zero-order valence-corrected chi connectivity index (χ0v) is 9.08. The fourth-order valence-electron chi connectivity index (χ4n) is 1.53. The van der Waals surface area contributed by atoms with Crippen molar-refractivity contribution in [3.63, 3.8) is 0 Å². The van der Waals surface area contributed by atoms with Gasteiger partial charge in [-0.2, -0.15) is 10.3 Å². The van der Waals surface area contributed by atoms with Crippen LogP contribution in [0, 0.1) is 0 Å². The van der Waals surface area contributed by atoms with E-state index in [1.54, 1.807) is 13.3 Å². The number of H-pyrrole nitrogens is 1. The number of nitrogens with one attached hydrogen (secondary N) is 1. The molecule has 2 heterocycles. The minimum atomic E-state index is 0.561. The lowest BCUT2D eigenvalue weighted by Crippen LogP contribution is -1.90. The van der Waals surface area contributed by atoms with Gasteiger partial charge in [-0.25, -0.2) is 9.97 Å². The van der Waals surface area contributed by atoms with Crippen LogP contribution in [0.5, 0.6) is 5.75 Å². The van der Waals surface area contributed by atoms with Gasteiger partial charge in [0.25, 0.3) is 0 Å². The first kappa shape index (κ1) is 9.71. The Morgan fingerprint density at radius 2 is 1.94 bits per heavy atom. The van der Waals surface area contributed by atoms with Gasteiger partial charge in [0.2, 0.25) is 5.65 Å². The van der Waals surface area contributed by atoms with E-state index in [0.29, 0.717) is 17.0 Å². The molecule has 1 N–H and O–H groups in total. The van der Waals surface area contributed by atoms with E-state index >= 15 is 0 Å². The third-order valence-electron chi connectivity index (χ3n) is 2.42. The molecule has 0 aliphatic carbocycles. The quantitative estimate of drug-likeness (QED) is 0.716. The van der Waals surface area contributed by atoms with Gasteiger partial charge < -0.3 is 4.74 Å². The molecule has 0 unspecified atom stereocenters. The van der Waals surface area contributed by atoms with E-state index < -0.39 is 0 Å². The minimum Gasteiger partial charge on any atom is -0.497 e. The number of rotatable bonds is 2. The van der Waals surface area contributed by atoms with E-state index in [0.717, 1.165) is 11.3 Å². The molecular formula is C11H9N5O. The molecule has 3 rings (SSSR count). The van der Waals surface area contributed by atoms with Gasteiger partial charge in [0, 0.05) is 5.56 Å². The molecule has 0 aliphatic rings. The summed E-state index contributed by atoms with van der Waals surface area (Å²) < 4.78 is 5.09. The van der Waals surface area contributed by atoms with E-state index in [9.17, 15) is 0 Å². The third-order valence-corrected chi connectivity index (χ3v) is 2.42. The number of hydrogen-bond donors (Lipinski definition) is 1. The van der Waals surface area contributed by atoms with Crippen molar-refractivity contribution in [2.75, 3.05) is 7.11 Å². The first-order chi connectivity index (χ1) is 8.36. The molecule has 1 aromatic carbocycles. The summed E-state index contributed by atoms with van der Waals surface area (Å²) in [7, 11) is 1.63. The lowest BCUT2D eigenvalue weighted by atomic mass is 10.2. The van der Waals surface area contributed by atoms with Crippen molar-refractivity contribution in [2.24, 2.45) is 0 Å². The monoisotopic (exact) mass is 227 g/mol. The number of nitrogens with zero attached hydrogens (tertiary/aromatic N) is 4. The molecule has 0 saturated heterocycles. The second-order valence-corrected chi connectivity index (χ2v) is 3.45. The van der Waals surface area contributed by atoms with Crippen LogP contribution in [0.1, 0.15) is 0 Å². The number of hydrogen-bond acceptors (Lipinski definition) is 5. The molecule has 0 bridgehead atoms. The molecule has 0 spiro atoms. The standard InChI is InChI=1S/C11H9N5O/c1-17-8-4-2-7(3-5-8)10-12-6-9-11(13-10)15-16-14-9/h2-6H,1H3,(H,12,13,14,15,16). The highest BCUT2D eigenvalue weighted by molar-refractivity contribution is 5.70. The molecule has 0 atom stereocenters. The fraction of sp³-hybridized carbons (Fsp3) is 0.0909. The second-order valence-electron chi connectivity index (χ2n) is 3.45. The zero-order chi connectivity index (χ0) is 11.7. The molecule has 0 amide bonds. The van der Waals surface area contributed by atoms with Crippen molar-refractivity contribution in [3.8, 4) is 17.1 Å². The second kappa shape index (κ2) is 3.82. The smallest absolute Gasteiger partial charge is 0.205 e. The van der Waals surface area contributed by atoms with Gasteiger partial charge in [0.15, 0.2) is 5.82 Å². The van der Waals surface area contributed by atoms with Crippen LogP contribution >= 0.6 is 0 Å². The molecule has 17 heavy (non-hydrogen) atoms. The van der Waals surface area contributed by atoms with Crippen LogP contribution < -0.4 is 4.74 Å². The van der Waals surface area contributed by atoms with Crippen molar-refractivity contribution >= 4 is 11.2 Å². The summed E-state index contributed by atoms with van der Waals surface area (Å²) in [5.74, 6) is 1.42. The van der Waals surface area contributed by atoms with Crippen molar-refractivity contribution in [3.05, 3.63) is 30.5 Å². The average molecular weight is 227 g/mol. The highest BCUT2D eigenvalue weighted by atomic mass is 16.5. The first-order valence-corrected chi connectivity index (χ1v) is 5.05. The van der Waals surface area contributed by atoms with Crippen LogP contribution in [0.4, 0.5) is 0 Å². The number of aromatic amines is 1. The topological polar surface area (TPSA) is 76.6 Å². The van der Waals surface area contributed by atoms with Gasteiger partial charge >= 0.3 is 0 Å². The van der Waals surface area contributed by atoms with Crippen molar-refractivity contribution in [2.45, 2.75) is 0 Å². The summed E-state index contributed by atoms with van der Waals surface area (Å²) in [6.07, 6.45) is 1.64. The Balaban J connectivity index is 2.06. The van der Waals surface area contributed by atoms with Crippen LogP contribution in [-0.2, 0) is 0 Å². The highest BCUT2D eigenvalue weighted by Crippen LogP contribution is 2.19. The maximum absolute atomic E-state index is 5.09. The van der Waals surface area contributed by atoms with Crippen LogP contribution in [0.2, 0.25) is 0 Å². The van der Waals surface area contributed by atoms with Gasteiger partial charge in [0.05, 0.1) is 13.3 Å². The molecule has 0 radical (unpaired) electrons. The van der Waals surface area contributed by atoms with Gasteiger partial charge in [0.1, 0.15) is 11.3 Å². The Hall–Kier alpha value is -2.50. The van der Waals surface area contributed by atoms with Crippen LogP contribution in [0.25, 0.3) is 22.6 Å². The predicted octanol–water partition coefficient (Wildman–Crippen LogP) is 1.42. The third kappa shape index (κ3) is 1.69. The lowest BCUT2D eigenvalue weighted by molar-refractivity contribution is 0.415. The van der Waals surface area contributed by atoms with E-state index in [1.807, 2.05) is 24.3 Å². The van der Waals surface area contributed by atoms with Crippen LogP contribution in [0.3, 0.4) is 0 Å². The summed E-state index contributed by atoms with van der Waals surface area (Å²) in [5, 5.41) is 10.3. The highest BCUT2D eigenvalue weighted by Gasteiger charge is 2.05.